The Balaban J connectivity index is 1.24. The maximum atomic E-state index is 12.9. The molecule has 2 heterocycles. The highest BCUT2D eigenvalue weighted by molar-refractivity contribution is 9.10. The number of hydrogen-bond donors (Lipinski definition) is 0. The summed E-state index contributed by atoms with van der Waals surface area (Å²) in [6.45, 7) is 2.03. The Hall–Kier alpha value is -2.47. The number of benzene rings is 1. The molecule has 1 aliphatic heterocycles. The predicted molar refractivity (Wildman–Crippen MR) is 111 cm³/mol. The lowest BCUT2D eigenvalue weighted by atomic mass is 9.63. The number of halogens is 1. The molecule has 0 N–H and O–H groups in total. The Morgan fingerprint density at radius 3 is 2.41 bits per heavy atom. The van der Waals surface area contributed by atoms with Crippen LogP contribution < -0.4 is 0 Å². The van der Waals surface area contributed by atoms with E-state index in [1.165, 1.54) is 6.21 Å². The van der Waals surface area contributed by atoms with Crippen molar-refractivity contribution in [1.82, 2.24) is 5.01 Å². The number of allylic oxidation sites excluding steroid dienone is 2. The molecule has 0 radical (unpaired) electrons. The molecule has 4 aliphatic carbocycles. The van der Waals surface area contributed by atoms with Gasteiger partial charge in [0.25, 0.3) is 11.8 Å². The van der Waals surface area contributed by atoms with E-state index >= 15 is 0 Å². The molecule has 5 aliphatic rings. The van der Waals surface area contributed by atoms with E-state index in [-0.39, 0.29) is 35.5 Å². The zero-order valence-electron chi connectivity index (χ0n) is 15.8. The van der Waals surface area contributed by atoms with Gasteiger partial charge in [0.2, 0.25) is 0 Å². The predicted octanol–water partition coefficient (Wildman–Crippen LogP) is 4.40. The molecule has 7 rings (SSSR count). The average Bonchev–Trinajstić information content (AvgIpc) is 3.36. The fraction of sp³-hybridized carbons (Fsp3) is 0.348. The van der Waals surface area contributed by atoms with Gasteiger partial charge < -0.3 is 4.42 Å². The zero-order chi connectivity index (χ0) is 19.9. The van der Waals surface area contributed by atoms with E-state index in [2.05, 4.69) is 33.2 Å². The summed E-state index contributed by atoms with van der Waals surface area (Å²) in [6, 6.07) is 9.67. The third-order valence-corrected chi connectivity index (χ3v) is 7.88. The molecule has 146 valence electrons. The number of nitrogens with zero attached hydrogens (tertiary/aromatic N) is 2. The van der Waals surface area contributed by atoms with Gasteiger partial charge in [-0.1, -0.05) is 40.2 Å². The second kappa shape index (κ2) is 6.02. The molecule has 2 aromatic rings. The van der Waals surface area contributed by atoms with Crippen LogP contribution in [0, 0.1) is 42.4 Å². The van der Waals surface area contributed by atoms with Crippen LogP contribution in [0.25, 0.3) is 11.3 Å². The second-order valence-electron chi connectivity index (χ2n) is 8.55. The monoisotopic (exact) mass is 450 g/mol. The van der Waals surface area contributed by atoms with Crippen LogP contribution in [0.1, 0.15) is 17.7 Å². The van der Waals surface area contributed by atoms with E-state index in [1.807, 2.05) is 31.2 Å². The minimum atomic E-state index is -0.226. The number of carbonyl (C=O) groups excluding carboxylic acids is 2. The molecule has 6 heteroatoms. The first-order chi connectivity index (χ1) is 14.0. The highest BCUT2D eigenvalue weighted by atomic mass is 79.9. The highest BCUT2D eigenvalue weighted by Gasteiger charge is 2.67. The van der Waals surface area contributed by atoms with Gasteiger partial charge >= 0.3 is 0 Å². The molecule has 3 fully saturated rings. The van der Waals surface area contributed by atoms with Gasteiger partial charge in [-0.3, -0.25) is 9.59 Å². The van der Waals surface area contributed by atoms with Crippen LogP contribution in [0.15, 0.2) is 56.5 Å². The first-order valence-corrected chi connectivity index (χ1v) is 10.8. The average molecular weight is 451 g/mol. The molecule has 6 atom stereocenters. The van der Waals surface area contributed by atoms with Crippen molar-refractivity contribution in [2.75, 3.05) is 0 Å². The summed E-state index contributed by atoms with van der Waals surface area (Å²) >= 11 is 3.54. The quantitative estimate of drug-likeness (QED) is 0.395. The first-order valence-electron chi connectivity index (χ1n) is 9.99. The Labute approximate surface area is 176 Å². The SMILES string of the molecule is Cc1ccc(-c2ccc(/C=N\N3C(=O)[C@@H]4[C@H]5C=C[C@@H]([C@@H]6C[C@H]56)[C@@H]4C3=O)o2)cc1Br. The number of imide groups is 1. The van der Waals surface area contributed by atoms with Crippen molar-refractivity contribution in [3.05, 3.63) is 58.3 Å². The normalized spacial score (nSPS) is 34.2. The van der Waals surface area contributed by atoms with Gasteiger partial charge in [-0.05, 0) is 60.8 Å². The fourth-order valence-corrected chi connectivity index (χ4v) is 5.87. The molecule has 1 aromatic carbocycles. The van der Waals surface area contributed by atoms with E-state index in [4.69, 9.17) is 4.42 Å². The molecule has 2 bridgehead atoms. The zero-order valence-corrected chi connectivity index (χ0v) is 17.4. The molecular formula is C23H19BrN2O3. The summed E-state index contributed by atoms with van der Waals surface area (Å²) in [7, 11) is 0. The lowest BCUT2D eigenvalue weighted by Crippen LogP contribution is -2.40. The van der Waals surface area contributed by atoms with Crippen LogP contribution in [0.4, 0.5) is 0 Å². The minimum Gasteiger partial charge on any atom is -0.455 e. The number of furan rings is 1. The summed E-state index contributed by atoms with van der Waals surface area (Å²) in [4.78, 5) is 25.9. The highest BCUT2D eigenvalue weighted by Crippen LogP contribution is 2.65. The largest absolute Gasteiger partial charge is 0.455 e. The van der Waals surface area contributed by atoms with E-state index in [9.17, 15) is 9.59 Å². The van der Waals surface area contributed by atoms with Gasteiger partial charge in [0.15, 0.2) is 0 Å². The number of aryl methyl sites for hydroxylation is 1. The van der Waals surface area contributed by atoms with Gasteiger partial charge in [0, 0.05) is 10.0 Å². The van der Waals surface area contributed by atoms with E-state index in [0.717, 1.165) is 27.0 Å². The van der Waals surface area contributed by atoms with E-state index in [0.29, 0.717) is 23.4 Å². The van der Waals surface area contributed by atoms with Gasteiger partial charge in [-0.15, -0.1) is 0 Å². The maximum absolute atomic E-state index is 12.9. The third-order valence-electron chi connectivity index (χ3n) is 7.02. The summed E-state index contributed by atoms with van der Waals surface area (Å²) in [6.07, 6.45) is 6.95. The number of hydrazone groups is 1. The Morgan fingerprint density at radius 1 is 1.07 bits per heavy atom. The lowest BCUT2D eigenvalue weighted by molar-refractivity contribution is -0.140. The van der Waals surface area contributed by atoms with Gasteiger partial charge in [-0.25, -0.2) is 0 Å². The van der Waals surface area contributed by atoms with Crippen LogP contribution >= 0.6 is 15.9 Å². The first kappa shape index (κ1) is 17.4. The van der Waals surface area contributed by atoms with Crippen LogP contribution in [0.5, 0.6) is 0 Å². The van der Waals surface area contributed by atoms with Crippen molar-refractivity contribution in [2.45, 2.75) is 13.3 Å². The van der Waals surface area contributed by atoms with Crippen molar-refractivity contribution < 1.29 is 14.0 Å². The molecule has 2 amide bonds. The standard InChI is InChI=1S/C23H19BrN2O3/c1-11-2-3-12(8-18(11)24)19-7-4-13(29-19)10-25-26-22(27)20-14-5-6-15(17-9-16(14)17)21(20)23(26)28/h2-8,10,14-17,20-21H,9H2,1H3/b25-10-/t14-,15-,16-,17+,20-,21+/m0/s1. The molecule has 1 aromatic heterocycles. The van der Waals surface area contributed by atoms with Crippen molar-refractivity contribution in [1.29, 1.82) is 0 Å². The molecule has 29 heavy (non-hydrogen) atoms. The molecule has 0 spiro atoms. The maximum Gasteiger partial charge on any atom is 0.254 e. The summed E-state index contributed by atoms with van der Waals surface area (Å²) in [5, 5.41) is 5.31. The second-order valence-corrected chi connectivity index (χ2v) is 9.41. The smallest absolute Gasteiger partial charge is 0.254 e. The number of amides is 2. The van der Waals surface area contributed by atoms with Gasteiger partial charge in [-0.2, -0.15) is 10.1 Å². The van der Waals surface area contributed by atoms with Crippen LogP contribution in [0.3, 0.4) is 0 Å². The van der Waals surface area contributed by atoms with Crippen LogP contribution in [-0.2, 0) is 9.59 Å². The molecule has 5 nitrogen and oxygen atoms in total. The summed E-state index contributed by atoms with van der Waals surface area (Å²) < 4.78 is 6.87. The van der Waals surface area contributed by atoms with E-state index < -0.39 is 0 Å². The van der Waals surface area contributed by atoms with Gasteiger partial charge in [0.05, 0.1) is 18.1 Å². The third kappa shape index (κ3) is 2.48. The van der Waals surface area contributed by atoms with Crippen LogP contribution in [-0.4, -0.2) is 23.0 Å². The van der Waals surface area contributed by atoms with Crippen molar-refractivity contribution >= 4 is 34.0 Å². The lowest BCUT2D eigenvalue weighted by Gasteiger charge is -2.37. The molecule has 0 unspecified atom stereocenters. The topological polar surface area (TPSA) is 62.9 Å². The van der Waals surface area contributed by atoms with Gasteiger partial charge in [0.1, 0.15) is 11.5 Å². The fourth-order valence-electron chi connectivity index (χ4n) is 5.49. The van der Waals surface area contributed by atoms with Crippen molar-refractivity contribution in [2.24, 2.45) is 40.6 Å². The number of carbonyl (C=O) groups is 2. The number of hydrogen-bond acceptors (Lipinski definition) is 4. The Bertz CT molecular complexity index is 1080. The van der Waals surface area contributed by atoms with E-state index in [1.54, 1.807) is 6.07 Å². The molecule has 1 saturated heterocycles. The summed E-state index contributed by atoms with van der Waals surface area (Å²) in [5.41, 5.74) is 2.10. The minimum absolute atomic E-state index is 0.157. The Kier molecular flexibility index (Phi) is 3.61. The summed E-state index contributed by atoms with van der Waals surface area (Å²) in [5.74, 6) is 2.06. The van der Waals surface area contributed by atoms with Crippen LogP contribution in [0.2, 0.25) is 0 Å². The van der Waals surface area contributed by atoms with Crippen molar-refractivity contribution in [3.8, 4) is 11.3 Å². The Morgan fingerprint density at radius 2 is 1.76 bits per heavy atom. The van der Waals surface area contributed by atoms with Crippen molar-refractivity contribution in [3.63, 3.8) is 0 Å². The number of rotatable bonds is 3. The molecule has 2 saturated carbocycles. The molecular weight excluding hydrogens is 432 g/mol.